The number of carbonyl (C=O) groups excluding carboxylic acids is 1. The number of oxazole rings is 1. The van der Waals surface area contributed by atoms with Crippen molar-refractivity contribution in [1.29, 1.82) is 0 Å². The van der Waals surface area contributed by atoms with Crippen LogP contribution in [0.3, 0.4) is 0 Å². The molecule has 1 amide bonds. The lowest BCUT2D eigenvalue weighted by atomic mass is 10.2. The lowest BCUT2D eigenvalue weighted by Gasteiger charge is -2.06. The number of anilines is 1. The molecule has 0 aliphatic carbocycles. The summed E-state index contributed by atoms with van der Waals surface area (Å²) in [5.74, 6) is -0.320. The number of aryl methyl sites for hydroxylation is 1. The van der Waals surface area contributed by atoms with E-state index in [9.17, 15) is 4.79 Å². The zero-order valence-electron chi connectivity index (χ0n) is 8.53. The standard InChI is InChI=1S/C11H9ClN2O2/c1-7-2-3-8(12)4-9(7)14-11(15)10-5-16-6-13-10/h2-6H,1H3,(H,14,15). The summed E-state index contributed by atoms with van der Waals surface area (Å²) in [5, 5.41) is 3.28. The molecule has 2 aromatic rings. The zero-order valence-corrected chi connectivity index (χ0v) is 9.28. The summed E-state index contributed by atoms with van der Waals surface area (Å²) in [6.07, 6.45) is 2.49. The molecule has 0 bridgehead atoms. The van der Waals surface area contributed by atoms with Crippen LogP contribution in [-0.2, 0) is 0 Å². The number of nitrogens with zero attached hydrogens (tertiary/aromatic N) is 1. The summed E-state index contributed by atoms with van der Waals surface area (Å²) < 4.78 is 4.73. The van der Waals surface area contributed by atoms with E-state index in [1.165, 1.54) is 12.7 Å². The van der Waals surface area contributed by atoms with Gasteiger partial charge < -0.3 is 9.73 Å². The molecule has 16 heavy (non-hydrogen) atoms. The second-order valence-electron chi connectivity index (χ2n) is 3.29. The van der Waals surface area contributed by atoms with Crippen LogP contribution in [0.2, 0.25) is 5.02 Å². The fourth-order valence-corrected chi connectivity index (χ4v) is 1.41. The Morgan fingerprint density at radius 3 is 3.00 bits per heavy atom. The highest BCUT2D eigenvalue weighted by Crippen LogP contribution is 2.20. The van der Waals surface area contributed by atoms with Crippen molar-refractivity contribution in [3.05, 3.63) is 47.1 Å². The van der Waals surface area contributed by atoms with Gasteiger partial charge in [-0.2, -0.15) is 0 Å². The maximum atomic E-state index is 11.7. The number of halogens is 1. The number of hydrogen-bond donors (Lipinski definition) is 1. The molecule has 0 aliphatic heterocycles. The van der Waals surface area contributed by atoms with Crippen molar-refractivity contribution < 1.29 is 9.21 Å². The molecular formula is C11H9ClN2O2. The third-order valence-corrected chi connectivity index (χ3v) is 2.35. The first-order chi connectivity index (χ1) is 7.66. The Morgan fingerprint density at radius 1 is 1.50 bits per heavy atom. The van der Waals surface area contributed by atoms with E-state index >= 15 is 0 Å². The van der Waals surface area contributed by atoms with Crippen LogP contribution in [0.4, 0.5) is 5.69 Å². The smallest absolute Gasteiger partial charge is 0.277 e. The monoisotopic (exact) mass is 236 g/mol. The first kappa shape index (κ1) is 10.7. The summed E-state index contributed by atoms with van der Waals surface area (Å²) in [6.45, 7) is 1.88. The van der Waals surface area contributed by atoms with Crippen molar-refractivity contribution in [3.63, 3.8) is 0 Å². The first-order valence-electron chi connectivity index (χ1n) is 4.62. The van der Waals surface area contributed by atoms with Crippen molar-refractivity contribution in [1.82, 2.24) is 4.98 Å². The molecule has 0 atom stereocenters. The Kier molecular flexibility index (Phi) is 2.92. The molecule has 0 spiro atoms. The highest BCUT2D eigenvalue weighted by molar-refractivity contribution is 6.31. The Balaban J connectivity index is 2.21. The van der Waals surface area contributed by atoms with Crippen LogP contribution in [0.5, 0.6) is 0 Å². The van der Waals surface area contributed by atoms with E-state index in [4.69, 9.17) is 16.0 Å². The molecule has 0 fully saturated rings. The molecule has 1 N–H and O–H groups in total. The lowest BCUT2D eigenvalue weighted by Crippen LogP contribution is -2.12. The van der Waals surface area contributed by atoms with E-state index < -0.39 is 0 Å². The zero-order chi connectivity index (χ0) is 11.5. The summed E-state index contributed by atoms with van der Waals surface area (Å²) >= 11 is 5.84. The minimum Gasteiger partial charge on any atom is -0.451 e. The van der Waals surface area contributed by atoms with Crippen LogP contribution in [0.25, 0.3) is 0 Å². The van der Waals surface area contributed by atoms with Crippen LogP contribution in [0, 0.1) is 6.92 Å². The minimum absolute atomic E-state index is 0.236. The Hall–Kier alpha value is -1.81. The molecule has 1 heterocycles. The highest BCUT2D eigenvalue weighted by atomic mass is 35.5. The molecule has 0 saturated carbocycles. The predicted molar refractivity (Wildman–Crippen MR) is 60.6 cm³/mol. The summed E-state index contributed by atoms with van der Waals surface area (Å²) in [4.78, 5) is 15.4. The van der Waals surface area contributed by atoms with Crippen LogP contribution in [-0.4, -0.2) is 10.9 Å². The van der Waals surface area contributed by atoms with Crippen molar-refractivity contribution in [3.8, 4) is 0 Å². The third-order valence-electron chi connectivity index (χ3n) is 2.11. The SMILES string of the molecule is Cc1ccc(Cl)cc1NC(=O)c1cocn1. The first-order valence-corrected chi connectivity index (χ1v) is 5.00. The molecule has 0 unspecified atom stereocenters. The number of hydrogen-bond acceptors (Lipinski definition) is 3. The summed E-state index contributed by atoms with van der Waals surface area (Å²) in [7, 11) is 0. The van der Waals surface area contributed by atoms with Gasteiger partial charge in [-0.15, -0.1) is 0 Å². The van der Waals surface area contributed by atoms with Crippen molar-refractivity contribution >= 4 is 23.2 Å². The topological polar surface area (TPSA) is 55.1 Å². The highest BCUT2D eigenvalue weighted by Gasteiger charge is 2.10. The summed E-state index contributed by atoms with van der Waals surface area (Å²) in [6, 6.07) is 5.29. The molecule has 1 aromatic carbocycles. The van der Waals surface area contributed by atoms with E-state index in [0.29, 0.717) is 10.7 Å². The van der Waals surface area contributed by atoms with Crippen molar-refractivity contribution in [2.75, 3.05) is 5.32 Å². The quantitative estimate of drug-likeness (QED) is 0.872. The number of nitrogens with one attached hydrogen (secondary N) is 1. The van der Waals surface area contributed by atoms with Crippen LogP contribution in [0.15, 0.2) is 35.3 Å². The van der Waals surface area contributed by atoms with E-state index in [1.54, 1.807) is 12.1 Å². The molecule has 0 radical (unpaired) electrons. The Morgan fingerprint density at radius 2 is 2.31 bits per heavy atom. The summed E-state index contributed by atoms with van der Waals surface area (Å²) in [5.41, 5.74) is 1.83. The van der Waals surface area contributed by atoms with Gasteiger partial charge >= 0.3 is 0 Å². The van der Waals surface area contributed by atoms with Crippen LogP contribution < -0.4 is 5.32 Å². The fraction of sp³-hybridized carbons (Fsp3) is 0.0909. The van der Waals surface area contributed by atoms with Gasteiger partial charge in [0.15, 0.2) is 12.1 Å². The van der Waals surface area contributed by atoms with E-state index in [2.05, 4.69) is 10.3 Å². The second-order valence-corrected chi connectivity index (χ2v) is 3.72. The van der Waals surface area contributed by atoms with Gasteiger partial charge in [0.25, 0.3) is 5.91 Å². The van der Waals surface area contributed by atoms with Gasteiger partial charge in [0, 0.05) is 10.7 Å². The van der Waals surface area contributed by atoms with Gasteiger partial charge in [0.2, 0.25) is 0 Å². The molecule has 2 rings (SSSR count). The van der Waals surface area contributed by atoms with Gasteiger partial charge in [0.1, 0.15) is 6.26 Å². The Bertz CT molecular complexity index is 509. The van der Waals surface area contributed by atoms with Gasteiger partial charge in [-0.25, -0.2) is 4.98 Å². The second kappa shape index (κ2) is 4.37. The normalized spacial score (nSPS) is 10.1. The van der Waals surface area contributed by atoms with Crippen molar-refractivity contribution in [2.45, 2.75) is 6.92 Å². The van der Waals surface area contributed by atoms with Gasteiger partial charge in [-0.1, -0.05) is 17.7 Å². The largest absolute Gasteiger partial charge is 0.451 e. The lowest BCUT2D eigenvalue weighted by molar-refractivity contribution is 0.102. The number of rotatable bonds is 2. The van der Waals surface area contributed by atoms with E-state index in [-0.39, 0.29) is 11.6 Å². The number of benzene rings is 1. The van der Waals surface area contributed by atoms with Gasteiger partial charge in [-0.3, -0.25) is 4.79 Å². The van der Waals surface area contributed by atoms with E-state index in [0.717, 1.165) is 5.56 Å². The maximum Gasteiger partial charge on any atom is 0.277 e. The number of aromatic nitrogens is 1. The fourth-order valence-electron chi connectivity index (χ4n) is 1.24. The van der Waals surface area contributed by atoms with Crippen LogP contribution >= 0.6 is 11.6 Å². The van der Waals surface area contributed by atoms with Gasteiger partial charge in [0.05, 0.1) is 0 Å². The average molecular weight is 237 g/mol. The number of carbonyl (C=O) groups is 1. The Labute approximate surface area is 97.2 Å². The van der Waals surface area contributed by atoms with Gasteiger partial charge in [-0.05, 0) is 24.6 Å². The molecule has 5 heteroatoms. The molecule has 1 aromatic heterocycles. The van der Waals surface area contributed by atoms with E-state index in [1.807, 2.05) is 13.0 Å². The molecule has 4 nitrogen and oxygen atoms in total. The molecular weight excluding hydrogens is 228 g/mol. The molecule has 82 valence electrons. The molecule has 0 aliphatic rings. The minimum atomic E-state index is -0.320. The predicted octanol–water partition coefficient (Wildman–Crippen LogP) is 2.89. The molecule has 0 saturated heterocycles. The van der Waals surface area contributed by atoms with Crippen molar-refractivity contribution in [2.24, 2.45) is 0 Å². The average Bonchev–Trinajstić information content (AvgIpc) is 2.76. The number of amides is 1. The third kappa shape index (κ3) is 2.23. The maximum absolute atomic E-state index is 11.7. The van der Waals surface area contributed by atoms with Crippen LogP contribution in [0.1, 0.15) is 16.1 Å².